The van der Waals surface area contributed by atoms with Gasteiger partial charge in [0.2, 0.25) is 0 Å². The first-order valence-electron chi connectivity index (χ1n) is 9.21. The number of nitro benzene ring substituents is 1. The monoisotopic (exact) mass is 474 g/mol. The van der Waals surface area contributed by atoms with Crippen molar-refractivity contribution in [3.8, 4) is 5.75 Å². The summed E-state index contributed by atoms with van der Waals surface area (Å²) in [6.07, 6.45) is 0. The first-order chi connectivity index (χ1) is 15.2. The van der Waals surface area contributed by atoms with Crippen LogP contribution in [0.5, 0.6) is 5.75 Å². The molecule has 0 atom stereocenters. The number of sulfonamides is 1. The molecule has 32 heavy (non-hydrogen) atoms. The Bertz CT molecular complexity index is 1280. The molecule has 0 bridgehead atoms. The average Bonchev–Trinajstić information content (AvgIpc) is 2.78. The summed E-state index contributed by atoms with van der Waals surface area (Å²) >= 11 is 5.80. The molecule has 11 heteroatoms. The minimum Gasteiger partial charge on any atom is -0.497 e. The van der Waals surface area contributed by atoms with Crippen LogP contribution in [-0.2, 0) is 10.0 Å². The Morgan fingerprint density at radius 2 is 1.81 bits per heavy atom. The van der Waals surface area contributed by atoms with Crippen LogP contribution in [0.25, 0.3) is 0 Å². The van der Waals surface area contributed by atoms with Crippen molar-refractivity contribution in [3.63, 3.8) is 0 Å². The predicted molar refractivity (Wildman–Crippen MR) is 124 cm³/mol. The topological polar surface area (TPSA) is 123 Å². The number of hydrazone groups is 1. The van der Waals surface area contributed by atoms with E-state index in [1.807, 2.05) is 6.07 Å². The molecule has 0 radical (unpaired) electrons. The second kappa shape index (κ2) is 9.67. The van der Waals surface area contributed by atoms with Gasteiger partial charge >= 0.3 is 0 Å². The van der Waals surface area contributed by atoms with Gasteiger partial charge in [0.15, 0.2) is 0 Å². The van der Waals surface area contributed by atoms with E-state index in [0.29, 0.717) is 16.5 Å². The summed E-state index contributed by atoms with van der Waals surface area (Å²) in [5.74, 6) is 0.644. The SMILES string of the molecule is COc1cccc(/C(C)=N/Nc2ccc(S(=O)(=O)Nc3ccc(Cl)cc3)cc2[N+](=O)[O-])c1. The van der Waals surface area contributed by atoms with Gasteiger partial charge in [0.1, 0.15) is 11.4 Å². The van der Waals surface area contributed by atoms with E-state index in [0.717, 1.165) is 11.6 Å². The van der Waals surface area contributed by atoms with Gasteiger partial charge in [0, 0.05) is 22.3 Å². The fraction of sp³-hybridized carbons (Fsp3) is 0.0952. The highest BCUT2D eigenvalue weighted by Crippen LogP contribution is 2.29. The van der Waals surface area contributed by atoms with Gasteiger partial charge in [-0.1, -0.05) is 23.7 Å². The molecule has 166 valence electrons. The summed E-state index contributed by atoms with van der Waals surface area (Å²) in [5, 5.41) is 16.2. The van der Waals surface area contributed by atoms with Gasteiger partial charge < -0.3 is 4.74 Å². The quantitative estimate of drug-likeness (QED) is 0.272. The van der Waals surface area contributed by atoms with E-state index in [2.05, 4.69) is 15.2 Å². The van der Waals surface area contributed by atoms with Crippen molar-refractivity contribution in [2.45, 2.75) is 11.8 Å². The summed E-state index contributed by atoms with van der Waals surface area (Å²) in [7, 11) is -2.51. The Hall–Kier alpha value is -3.63. The highest BCUT2D eigenvalue weighted by molar-refractivity contribution is 7.92. The van der Waals surface area contributed by atoms with Crippen molar-refractivity contribution in [2.75, 3.05) is 17.3 Å². The Kier molecular flexibility index (Phi) is 6.96. The van der Waals surface area contributed by atoms with E-state index in [1.54, 1.807) is 32.2 Å². The van der Waals surface area contributed by atoms with Crippen LogP contribution >= 0.6 is 11.6 Å². The van der Waals surface area contributed by atoms with Crippen LogP contribution in [0.4, 0.5) is 17.1 Å². The van der Waals surface area contributed by atoms with Gasteiger partial charge in [-0.3, -0.25) is 20.3 Å². The Morgan fingerprint density at radius 3 is 2.47 bits per heavy atom. The van der Waals surface area contributed by atoms with Gasteiger partial charge in [-0.15, -0.1) is 0 Å². The lowest BCUT2D eigenvalue weighted by Gasteiger charge is -2.10. The molecule has 3 aromatic rings. The fourth-order valence-electron chi connectivity index (χ4n) is 2.71. The van der Waals surface area contributed by atoms with Crippen molar-refractivity contribution in [1.29, 1.82) is 0 Å². The van der Waals surface area contributed by atoms with Crippen LogP contribution in [0.1, 0.15) is 12.5 Å². The molecular formula is C21H19ClN4O5S. The van der Waals surface area contributed by atoms with E-state index in [1.165, 1.54) is 36.4 Å². The second-order valence-electron chi connectivity index (χ2n) is 6.59. The highest BCUT2D eigenvalue weighted by atomic mass is 35.5. The van der Waals surface area contributed by atoms with E-state index < -0.39 is 20.6 Å². The standard InChI is InChI=1S/C21H19ClN4O5S/c1-14(15-4-3-5-18(12-15)31-2)23-24-20-11-10-19(13-21(20)26(27)28)32(29,30)25-17-8-6-16(22)7-9-17/h3-13,24-25H,1-2H3/b23-14+. The van der Waals surface area contributed by atoms with Crippen molar-refractivity contribution >= 4 is 44.4 Å². The number of nitrogens with one attached hydrogen (secondary N) is 2. The highest BCUT2D eigenvalue weighted by Gasteiger charge is 2.21. The molecule has 0 aliphatic heterocycles. The molecule has 0 heterocycles. The maximum absolute atomic E-state index is 12.7. The number of halogens is 1. The number of methoxy groups -OCH3 is 1. The number of nitrogens with zero attached hydrogens (tertiary/aromatic N) is 2. The molecule has 0 spiro atoms. The van der Waals surface area contributed by atoms with Gasteiger partial charge in [0.05, 0.1) is 22.6 Å². The third-order valence-corrected chi connectivity index (χ3v) is 6.04. The van der Waals surface area contributed by atoms with Crippen molar-refractivity contribution in [3.05, 3.63) is 87.4 Å². The second-order valence-corrected chi connectivity index (χ2v) is 8.71. The number of benzene rings is 3. The number of rotatable bonds is 8. The Morgan fingerprint density at radius 1 is 1.09 bits per heavy atom. The minimum absolute atomic E-state index is 0.0442. The zero-order chi connectivity index (χ0) is 23.3. The van der Waals surface area contributed by atoms with Crippen molar-refractivity contribution in [1.82, 2.24) is 0 Å². The average molecular weight is 475 g/mol. The first-order valence-corrected chi connectivity index (χ1v) is 11.1. The zero-order valence-electron chi connectivity index (χ0n) is 17.1. The van der Waals surface area contributed by atoms with E-state index in [-0.39, 0.29) is 16.3 Å². The van der Waals surface area contributed by atoms with Crippen LogP contribution < -0.4 is 14.9 Å². The van der Waals surface area contributed by atoms with Crippen LogP contribution in [0.15, 0.2) is 76.7 Å². The van der Waals surface area contributed by atoms with Crippen LogP contribution in [-0.4, -0.2) is 26.2 Å². The smallest absolute Gasteiger partial charge is 0.295 e. The van der Waals surface area contributed by atoms with E-state index in [9.17, 15) is 18.5 Å². The van der Waals surface area contributed by atoms with Crippen molar-refractivity contribution in [2.24, 2.45) is 5.10 Å². The third-order valence-electron chi connectivity index (χ3n) is 4.40. The molecular weight excluding hydrogens is 456 g/mol. The van der Waals surface area contributed by atoms with Crippen molar-refractivity contribution < 1.29 is 18.1 Å². The lowest BCUT2D eigenvalue weighted by molar-refractivity contribution is -0.384. The fourth-order valence-corrected chi connectivity index (χ4v) is 3.92. The first kappa shape index (κ1) is 23.0. The van der Waals surface area contributed by atoms with E-state index in [4.69, 9.17) is 16.3 Å². The maximum Gasteiger partial charge on any atom is 0.295 e. The maximum atomic E-state index is 12.7. The molecule has 0 amide bonds. The largest absolute Gasteiger partial charge is 0.497 e. The lowest BCUT2D eigenvalue weighted by atomic mass is 10.1. The molecule has 9 nitrogen and oxygen atoms in total. The molecule has 0 aliphatic carbocycles. The summed E-state index contributed by atoms with van der Waals surface area (Å²) in [6.45, 7) is 1.72. The third kappa shape index (κ3) is 5.54. The number of hydrogen-bond donors (Lipinski definition) is 2. The minimum atomic E-state index is -4.06. The molecule has 3 rings (SSSR count). The lowest BCUT2D eigenvalue weighted by Crippen LogP contribution is -2.13. The van der Waals surface area contributed by atoms with Gasteiger partial charge in [-0.2, -0.15) is 5.10 Å². The Labute approximate surface area is 189 Å². The predicted octanol–water partition coefficient (Wildman–Crippen LogP) is 4.89. The molecule has 0 unspecified atom stereocenters. The number of hydrogen-bond acceptors (Lipinski definition) is 7. The molecule has 0 aromatic heterocycles. The van der Waals surface area contributed by atoms with Gasteiger partial charge in [-0.25, -0.2) is 8.42 Å². The number of ether oxygens (including phenoxy) is 1. The summed E-state index contributed by atoms with van der Waals surface area (Å²) in [6, 6.07) is 16.7. The van der Waals surface area contributed by atoms with Gasteiger partial charge in [0.25, 0.3) is 15.7 Å². The van der Waals surface area contributed by atoms with Crippen LogP contribution in [0, 0.1) is 10.1 Å². The molecule has 3 aromatic carbocycles. The normalized spacial score (nSPS) is 11.7. The zero-order valence-corrected chi connectivity index (χ0v) is 18.6. The van der Waals surface area contributed by atoms with Crippen LogP contribution in [0.2, 0.25) is 5.02 Å². The van der Waals surface area contributed by atoms with Gasteiger partial charge in [-0.05, 0) is 55.5 Å². The Balaban J connectivity index is 1.87. The molecule has 0 saturated heterocycles. The van der Waals surface area contributed by atoms with E-state index >= 15 is 0 Å². The van der Waals surface area contributed by atoms with Crippen LogP contribution in [0.3, 0.4) is 0 Å². The molecule has 0 fully saturated rings. The number of nitro groups is 1. The molecule has 0 saturated carbocycles. The summed E-state index contributed by atoms with van der Waals surface area (Å²) < 4.78 is 32.9. The molecule has 0 aliphatic rings. The summed E-state index contributed by atoms with van der Waals surface area (Å²) in [5.41, 5.74) is 3.83. The summed E-state index contributed by atoms with van der Waals surface area (Å²) in [4.78, 5) is 10.6. The number of anilines is 2. The molecule has 2 N–H and O–H groups in total.